The van der Waals surface area contributed by atoms with Crippen molar-refractivity contribution in [2.75, 3.05) is 61.1 Å². The Balaban J connectivity index is 1.44. The molecule has 2 fully saturated rings. The normalized spacial score (nSPS) is 17.1. The molecule has 0 unspecified atom stereocenters. The van der Waals surface area contributed by atoms with Crippen LogP contribution in [0.3, 0.4) is 0 Å². The molecule has 0 aromatic heterocycles. The summed E-state index contributed by atoms with van der Waals surface area (Å²) in [7, 11) is 6.70. The lowest BCUT2D eigenvalue weighted by Crippen LogP contribution is -2.52. The molecule has 0 spiro atoms. The van der Waals surface area contributed by atoms with Gasteiger partial charge in [0.1, 0.15) is 0 Å². The van der Waals surface area contributed by atoms with E-state index < -0.39 is 0 Å². The molecule has 2 aliphatic rings. The van der Waals surface area contributed by atoms with Crippen molar-refractivity contribution in [2.45, 2.75) is 38.3 Å². The van der Waals surface area contributed by atoms with Gasteiger partial charge in [-0.3, -0.25) is 14.7 Å². The molecular weight excluding hydrogens is 410 g/mol. The molecule has 0 bridgehead atoms. The van der Waals surface area contributed by atoms with Crippen LogP contribution in [0.5, 0.6) is 17.2 Å². The lowest BCUT2D eigenvalue weighted by atomic mass is 10.1. The monoisotopic (exact) mass is 447 g/mol. The second-order valence-corrected chi connectivity index (χ2v) is 8.22. The highest BCUT2D eigenvalue weighted by Crippen LogP contribution is 2.38. The third kappa shape index (κ3) is 6.66. The first-order valence-electron chi connectivity index (χ1n) is 11.3. The van der Waals surface area contributed by atoms with Gasteiger partial charge >= 0.3 is 0 Å². The second-order valence-electron chi connectivity index (χ2n) is 8.22. The summed E-state index contributed by atoms with van der Waals surface area (Å²) in [6, 6.07) is 4.45. The number of hydrogen-bond donors (Lipinski definition) is 2. The number of benzene rings is 1. The second kappa shape index (κ2) is 11.8. The van der Waals surface area contributed by atoms with Crippen molar-refractivity contribution in [3.05, 3.63) is 17.7 Å². The van der Waals surface area contributed by atoms with Gasteiger partial charge in [-0.2, -0.15) is 0 Å². The van der Waals surface area contributed by atoms with Crippen molar-refractivity contribution < 1.29 is 19.0 Å². The minimum absolute atomic E-state index is 0.157. The highest BCUT2D eigenvalue weighted by atomic mass is 16.5. The molecule has 32 heavy (non-hydrogen) atoms. The first-order chi connectivity index (χ1) is 15.6. The number of carbonyl (C=O) groups is 1. The fraction of sp³-hybridized carbons (Fsp3) is 0.652. The lowest BCUT2D eigenvalue weighted by molar-refractivity contribution is -0.121. The third-order valence-corrected chi connectivity index (χ3v) is 5.82. The number of hydrogen-bond acceptors (Lipinski definition) is 6. The maximum atomic E-state index is 11.8. The summed E-state index contributed by atoms with van der Waals surface area (Å²) in [6.45, 7) is 5.21. The van der Waals surface area contributed by atoms with Gasteiger partial charge in [-0.05, 0) is 37.0 Å². The number of nitrogens with zero attached hydrogens (tertiary/aromatic N) is 3. The molecule has 1 aliphatic carbocycles. The highest BCUT2D eigenvalue weighted by Gasteiger charge is 2.23. The molecule has 178 valence electrons. The summed E-state index contributed by atoms with van der Waals surface area (Å²) in [5.74, 6) is 3.03. The van der Waals surface area contributed by atoms with Crippen molar-refractivity contribution >= 4 is 11.9 Å². The van der Waals surface area contributed by atoms with E-state index in [9.17, 15) is 4.79 Å². The predicted molar refractivity (Wildman–Crippen MR) is 125 cm³/mol. The zero-order chi connectivity index (χ0) is 22.9. The van der Waals surface area contributed by atoms with Crippen LogP contribution >= 0.6 is 0 Å². The highest BCUT2D eigenvalue weighted by molar-refractivity contribution is 5.80. The van der Waals surface area contributed by atoms with E-state index in [4.69, 9.17) is 14.2 Å². The van der Waals surface area contributed by atoms with Gasteiger partial charge < -0.3 is 29.7 Å². The number of rotatable bonds is 10. The molecule has 0 radical (unpaired) electrons. The molecule has 1 amide bonds. The third-order valence-electron chi connectivity index (χ3n) is 5.82. The van der Waals surface area contributed by atoms with Gasteiger partial charge in [-0.15, -0.1) is 0 Å². The van der Waals surface area contributed by atoms with Gasteiger partial charge in [0, 0.05) is 58.8 Å². The van der Waals surface area contributed by atoms with Gasteiger partial charge in [-0.25, -0.2) is 0 Å². The van der Waals surface area contributed by atoms with E-state index >= 15 is 0 Å². The first kappa shape index (κ1) is 24.0. The zero-order valence-corrected chi connectivity index (χ0v) is 19.8. The van der Waals surface area contributed by atoms with Crippen molar-refractivity contribution in [3.8, 4) is 17.2 Å². The molecule has 1 aromatic carbocycles. The van der Waals surface area contributed by atoms with E-state index in [1.54, 1.807) is 21.3 Å². The molecule has 1 saturated carbocycles. The molecule has 9 nitrogen and oxygen atoms in total. The van der Waals surface area contributed by atoms with Crippen LogP contribution in [0.25, 0.3) is 0 Å². The van der Waals surface area contributed by atoms with Gasteiger partial charge in [0.05, 0.1) is 21.3 Å². The Morgan fingerprint density at radius 1 is 1.06 bits per heavy atom. The fourth-order valence-electron chi connectivity index (χ4n) is 3.91. The van der Waals surface area contributed by atoms with E-state index in [1.165, 1.54) is 0 Å². The molecule has 1 aromatic rings. The molecule has 2 N–H and O–H groups in total. The average Bonchev–Trinajstić information content (AvgIpc) is 3.63. The lowest BCUT2D eigenvalue weighted by Gasteiger charge is -2.36. The Hall–Kier alpha value is -2.68. The number of amides is 1. The largest absolute Gasteiger partial charge is 0.493 e. The Labute approximate surface area is 191 Å². The number of ether oxygens (including phenoxy) is 3. The Bertz CT molecular complexity index is 764. The summed E-state index contributed by atoms with van der Waals surface area (Å²) in [5, 5.41) is 6.43. The zero-order valence-electron chi connectivity index (χ0n) is 19.8. The van der Waals surface area contributed by atoms with Crippen LogP contribution in [0.1, 0.15) is 31.2 Å². The van der Waals surface area contributed by atoms with Gasteiger partial charge in [0.25, 0.3) is 0 Å². The number of carbonyl (C=O) groups excluding carboxylic acids is 1. The van der Waals surface area contributed by atoms with Crippen molar-refractivity contribution in [2.24, 2.45) is 4.99 Å². The average molecular weight is 448 g/mol. The smallest absolute Gasteiger partial charge is 0.220 e. The van der Waals surface area contributed by atoms with Crippen LogP contribution in [-0.2, 0) is 11.3 Å². The molecule has 3 rings (SSSR count). The number of guanidine groups is 1. The minimum Gasteiger partial charge on any atom is -0.493 e. The Kier molecular flexibility index (Phi) is 8.84. The van der Waals surface area contributed by atoms with Crippen molar-refractivity contribution in [1.82, 2.24) is 20.4 Å². The standard InChI is InChI=1S/C23H37N5O4/c1-24-23(25-9-5-6-21(29)26-18-7-8-18)28-12-10-27(11-13-28)16-17-14-19(30-2)22(32-4)20(15-17)31-3/h14-15,18H,5-13,16H2,1-4H3,(H,24,25)(H,26,29). The van der Waals surface area contributed by atoms with Crippen LogP contribution in [-0.4, -0.2) is 88.8 Å². The fourth-order valence-corrected chi connectivity index (χ4v) is 3.91. The topological polar surface area (TPSA) is 87.7 Å². The van der Waals surface area contributed by atoms with Crippen molar-refractivity contribution in [1.29, 1.82) is 0 Å². The molecule has 1 saturated heterocycles. The summed E-state index contributed by atoms with van der Waals surface area (Å²) >= 11 is 0. The quantitative estimate of drug-likeness (QED) is 0.319. The van der Waals surface area contributed by atoms with Crippen LogP contribution in [0.4, 0.5) is 0 Å². The summed E-state index contributed by atoms with van der Waals surface area (Å²) < 4.78 is 16.4. The summed E-state index contributed by atoms with van der Waals surface area (Å²) in [5.41, 5.74) is 1.12. The minimum atomic E-state index is 0.157. The number of nitrogens with one attached hydrogen (secondary N) is 2. The molecule has 0 atom stereocenters. The van der Waals surface area contributed by atoms with Crippen molar-refractivity contribution in [3.63, 3.8) is 0 Å². The van der Waals surface area contributed by atoms with Crippen LogP contribution in [0, 0.1) is 0 Å². The first-order valence-corrected chi connectivity index (χ1v) is 11.3. The van der Waals surface area contributed by atoms with E-state index in [-0.39, 0.29) is 5.91 Å². The summed E-state index contributed by atoms with van der Waals surface area (Å²) in [6.07, 6.45) is 3.62. The van der Waals surface area contributed by atoms with Gasteiger partial charge in [0.2, 0.25) is 11.7 Å². The Morgan fingerprint density at radius 2 is 1.72 bits per heavy atom. The predicted octanol–water partition coefficient (Wildman–Crippen LogP) is 1.46. The summed E-state index contributed by atoms with van der Waals surface area (Å²) in [4.78, 5) is 20.9. The van der Waals surface area contributed by atoms with E-state index in [0.717, 1.165) is 70.1 Å². The molecule has 1 aliphatic heterocycles. The van der Waals surface area contributed by atoms with E-state index in [2.05, 4.69) is 25.4 Å². The van der Waals surface area contributed by atoms with Gasteiger partial charge in [-0.1, -0.05) is 0 Å². The van der Waals surface area contributed by atoms with E-state index in [1.807, 2.05) is 19.2 Å². The number of piperazine rings is 1. The van der Waals surface area contributed by atoms with Crippen LogP contribution < -0.4 is 24.8 Å². The van der Waals surface area contributed by atoms with Gasteiger partial charge in [0.15, 0.2) is 17.5 Å². The molecular formula is C23H37N5O4. The maximum absolute atomic E-state index is 11.8. The number of aliphatic imine (C=N–C) groups is 1. The Morgan fingerprint density at radius 3 is 2.25 bits per heavy atom. The van der Waals surface area contributed by atoms with Crippen LogP contribution in [0.2, 0.25) is 0 Å². The van der Waals surface area contributed by atoms with E-state index in [0.29, 0.717) is 29.7 Å². The molecule has 9 heteroatoms. The molecule has 1 heterocycles. The van der Waals surface area contributed by atoms with Crippen LogP contribution in [0.15, 0.2) is 17.1 Å². The number of methoxy groups -OCH3 is 3. The SMILES string of the molecule is CN=C(NCCCC(=O)NC1CC1)N1CCN(Cc2cc(OC)c(OC)c(OC)c2)CC1. The maximum Gasteiger partial charge on any atom is 0.220 e.